The number of fused-ring (bicyclic) bond motifs is 1. The fraction of sp³-hybridized carbons (Fsp3) is 0. The highest BCUT2D eigenvalue weighted by Crippen LogP contribution is 2.26. The maximum Gasteiger partial charge on any atom is 0.306 e. The summed E-state index contributed by atoms with van der Waals surface area (Å²) in [5, 5.41) is 11.8. The molecule has 2 heterocycles. The summed E-state index contributed by atoms with van der Waals surface area (Å²) in [7, 11) is 0. The van der Waals surface area contributed by atoms with E-state index in [1.165, 1.54) is 5.38 Å². The summed E-state index contributed by atoms with van der Waals surface area (Å²) < 4.78 is 0.286. The Morgan fingerprint density at radius 3 is 3.08 bits per heavy atom. The Labute approximate surface area is 75.0 Å². The lowest BCUT2D eigenvalue weighted by atomic mass is 10.4. The number of aromatic amines is 1. The second kappa shape index (κ2) is 2.63. The van der Waals surface area contributed by atoms with Crippen molar-refractivity contribution in [3.63, 3.8) is 0 Å². The van der Waals surface area contributed by atoms with Gasteiger partial charge in [-0.2, -0.15) is 0 Å². The summed E-state index contributed by atoms with van der Waals surface area (Å²) in [5.41, 5.74) is -0.312. The minimum Gasteiger partial charge on any atom is -0.312 e. The molecule has 6 nitrogen and oxygen atoms in total. The highest BCUT2D eigenvalue weighted by molar-refractivity contribution is 7.17. The van der Waals surface area contributed by atoms with Crippen LogP contribution < -0.4 is 5.56 Å². The van der Waals surface area contributed by atoms with E-state index in [1.54, 1.807) is 0 Å². The average molecular weight is 197 g/mol. The molecule has 7 heteroatoms. The first-order valence-electron chi connectivity index (χ1n) is 3.29. The van der Waals surface area contributed by atoms with Crippen LogP contribution in [0.5, 0.6) is 0 Å². The Bertz CT molecular complexity index is 529. The SMILES string of the molecule is O=c1[nH]cnc2c([N+](=O)[O-])csc12. The number of aromatic nitrogens is 2. The zero-order valence-electron chi connectivity index (χ0n) is 6.18. The Morgan fingerprint density at radius 1 is 1.62 bits per heavy atom. The third-order valence-electron chi connectivity index (χ3n) is 1.54. The number of rotatable bonds is 1. The van der Waals surface area contributed by atoms with Crippen LogP contribution in [0, 0.1) is 10.1 Å². The number of nitrogens with zero attached hydrogens (tertiary/aromatic N) is 2. The van der Waals surface area contributed by atoms with Gasteiger partial charge >= 0.3 is 5.69 Å². The van der Waals surface area contributed by atoms with E-state index in [-0.39, 0.29) is 21.5 Å². The molecule has 0 fully saturated rings. The van der Waals surface area contributed by atoms with Crippen molar-refractivity contribution in [2.75, 3.05) is 0 Å². The van der Waals surface area contributed by atoms with Crippen molar-refractivity contribution >= 4 is 27.2 Å². The molecule has 1 N–H and O–H groups in total. The number of H-pyrrole nitrogens is 1. The number of nitro groups is 1. The maximum atomic E-state index is 11.1. The Hall–Kier alpha value is -1.76. The summed E-state index contributed by atoms with van der Waals surface area (Å²) in [4.78, 5) is 27.1. The molecule has 66 valence electrons. The molecule has 0 unspecified atom stereocenters. The van der Waals surface area contributed by atoms with E-state index < -0.39 is 4.92 Å². The normalized spacial score (nSPS) is 10.5. The van der Waals surface area contributed by atoms with Gasteiger partial charge in [0.2, 0.25) is 0 Å². The van der Waals surface area contributed by atoms with Crippen LogP contribution in [0.25, 0.3) is 10.2 Å². The van der Waals surface area contributed by atoms with Gasteiger partial charge in [-0.05, 0) is 0 Å². The highest BCUT2D eigenvalue weighted by atomic mass is 32.1. The number of nitrogens with one attached hydrogen (secondary N) is 1. The fourth-order valence-electron chi connectivity index (χ4n) is 0.979. The molecular formula is C6H3N3O3S. The van der Waals surface area contributed by atoms with Crippen LogP contribution in [-0.4, -0.2) is 14.9 Å². The van der Waals surface area contributed by atoms with E-state index in [4.69, 9.17) is 0 Å². The lowest BCUT2D eigenvalue weighted by Gasteiger charge is -1.86. The molecule has 0 bridgehead atoms. The van der Waals surface area contributed by atoms with Gasteiger partial charge in [-0.15, -0.1) is 11.3 Å². The van der Waals surface area contributed by atoms with Gasteiger partial charge in [-0.1, -0.05) is 0 Å². The van der Waals surface area contributed by atoms with E-state index in [0.717, 1.165) is 17.7 Å². The number of hydrogen-bond acceptors (Lipinski definition) is 5. The van der Waals surface area contributed by atoms with E-state index in [0.29, 0.717) is 0 Å². The van der Waals surface area contributed by atoms with Crippen molar-refractivity contribution in [1.29, 1.82) is 0 Å². The highest BCUT2D eigenvalue weighted by Gasteiger charge is 2.16. The van der Waals surface area contributed by atoms with Crippen LogP contribution in [0.2, 0.25) is 0 Å². The summed E-state index contributed by atoms with van der Waals surface area (Å²) in [6.45, 7) is 0. The van der Waals surface area contributed by atoms with Gasteiger partial charge in [0.1, 0.15) is 4.70 Å². The molecule has 2 aromatic rings. The topological polar surface area (TPSA) is 88.9 Å². The second-order valence-corrected chi connectivity index (χ2v) is 3.17. The summed E-state index contributed by atoms with van der Waals surface area (Å²) in [6.07, 6.45) is 1.16. The van der Waals surface area contributed by atoms with Gasteiger partial charge < -0.3 is 4.98 Å². The molecular weight excluding hydrogens is 194 g/mol. The molecule has 0 aliphatic rings. The zero-order valence-corrected chi connectivity index (χ0v) is 7.00. The van der Waals surface area contributed by atoms with Crippen LogP contribution in [0.1, 0.15) is 0 Å². The molecule has 13 heavy (non-hydrogen) atoms. The minimum atomic E-state index is -0.550. The first-order chi connectivity index (χ1) is 6.20. The van der Waals surface area contributed by atoms with Gasteiger partial charge in [0.25, 0.3) is 5.56 Å². The molecule has 2 aromatic heterocycles. The molecule has 0 aromatic carbocycles. The van der Waals surface area contributed by atoms with Crippen LogP contribution >= 0.6 is 11.3 Å². The molecule has 0 saturated heterocycles. The Kier molecular flexibility index (Phi) is 1.59. The summed E-state index contributed by atoms with van der Waals surface area (Å²) in [5.74, 6) is 0. The van der Waals surface area contributed by atoms with Crippen LogP contribution in [0.3, 0.4) is 0 Å². The van der Waals surface area contributed by atoms with Crippen molar-refractivity contribution in [2.45, 2.75) is 0 Å². The van der Waals surface area contributed by atoms with Crippen molar-refractivity contribution in [3.05, 3.63) is 32.2 Å². The molecule has 0 aliphatic heterocycles. The number of hydrogen-bond donors (Lipinski definition) is 1. The predicted molar refractivity (Wildman–Crippen MR) is 46.9 cm³/mol. The molecule has 0 spiro atoms. The predicted octanol–water partition coefficient (Wildman–Crippen LogP) is 0.893. The standard InChI is InChI=1S/C6H3N3O3S/c10-6-5-4(7-2-8-6)3(1-13-5)9(11)12/h1-2H,(H,7,8,10). The van der Waals surface area contributed by atoms with Crippen molar-refractivity contribution in [3.8, 4) is 0 Å². The molecule has 0 saturated carbocycles. The molecule has 0 aliphatic carbocycles. The van der Waals surface area contributed by atoms with Gasteiger partial charge in [-0.3, -0.25) is 14.9 Å². The Balaban J connectivity index is 2.91. The van der Waals surface area contributed by atoms with E-state index in [9.17, 15) is 14.9 Å². The third-order valence-corrected chi connectivity index (χ3v) is 2.49. The molecule has 0 amide bonds. The van der Waals surface area contributed by atoms with Gasteiger partial charge in [-0.25, -0.2) is 4.98 Å². The summed E-state index contributed by atoms with van der Waals surface area (Å²) in [6, 6.07) is 0. The number of thiophene rings is 1. The van der Waals surface area contributed by atoms with Crippen LogP contribution in [0.4, 0.5) is 5.69 Å². The van der Waals surface area contributed by atoms with E-state index >= 15 is 0 Å². The van der Waals surface area contributed by atoms with Crippen LogP contribution in [0.15, 0.2) is 16.5 Å². The van der Waals surface area contributed by atoms with Gasteiger partial charge in [0, 0.05) is 0 Å². The fourth-order valence-corrected chi connectivity index (χ4v) is 1.84. The molecule has 0 atom stereocenters. The monoisotopic (exact) mass is 197 g/mol. The zero-order chi connectivity index (χ0) is 9.42. The second-order valence-electron chi connectivity index (χ2n) is 2.29. The van der Waals surface area contributed by atoms with Crippen molar-refractivity contribution in [2.24, 2.45) is 0 Å². The molecule has 0 radical (unpaired) electrons. The van der Waals surface area contributed by atoms with Crippen molar-refractivity contribution < 1.29 is 4.92 Å². The third kappa shape index (κ3) is 1.09. The largest absolute Gasteiger partial charge is 0.312 e. The maximum absolute atomic E-state index is 11.1. The lowest BCUT2D eigenvalue weighted by Crippen LogP contribution is -2.03. The average Bonchev–Trinajstić information content (AvgIpc) is 2.48. The quantitative estimate of drug-likeness (QED) is 0.543. The summed E-state index contributed by atoms with van der Waals surface area (Å²) >= 11 is 1.02. The van der Waals surface area contributed by atoms with Crippen LogP contribution in [-0.2, 0) is 0 Å². The Morgan fingerprint density at radius 2 is 2.38 bits per heavy atom. The van der Waals surface area contributed by atoms with Gasteiger partial charge in [0.05, 0.1) is 16.6 Å². The lowest BCUT2D eigenvalue weighted by molar-refractivity contribution is -0.382. The van der Waals surface area contributed by atoms with Gasteiger partial charge in [0.15, 0.2) is 5.52 Å². The van der Waals surface area contributed by atoms with Crippen molar-refractivity contribution in [1.82, 2.24) is 9.97 Å². The smallest absolute Gasteiger partial charge is 0.306 e. The first kappa shape index (κ1) is 7.87. The minimum absolute atomic E-state index is 0.119. The van der Waals surface area contributed by atoms with E-state index in [1.807, 2.05) is 0 Å². The first-order valence-corrected chi connectivity index (χ1v) is 4.17. The molecule has 2 rings (SSSR count). The van der Waals surface area contributed by atoms with E-state index in [2.05, 4.69) is 9.97 Å².